The summed E-state index contributed by atoms with van der Waals surface area (Å²) in [6, 6.07) is 10.4. The largest absolute Gasteiger partial charge is 0.332 e. The number of non-ortho nitro benzene ring substituents is 1. The van der Waals surface area contributed by atoms with Crippen molar-refractivity contribution in [2.75, 3.05) is 10.6 Å². The molecule has 0 bridgehead atoms. The van der Waals surface area contributed by atoms with Gasteiger partial charge in [-0.3, -0.25) is 10.1 Å². The average Bonchev–Trinajstić information content (AvgIpc) is 2.43. The normalized spacial score (nSPS) is 10.0. The first-order chi connectivity index (χ1) is 9.95. The summed E-state index contributed by atoms with van der Waals surface area (Å²) in [5.74, 6) is -0.409. The van der Waals surface area contributed by atoms with Gasteiger partial charge in [-0.1, -0.05) is 6.07 Å². The van der Waals surface area contributed by atoms with Crippen LogP contribution in [0.25, 0.3) is 0 Å². The molecule has 0 aliphatic heterocycles. The van der Waals surface area contributed by atoms with Gasteiger partial charge in [0.1, 0.15) is 5.82 Å². The number of aryl methyl sites for hydroxylation is 1. The molecule has 0 saturated carbocycles. The van der Waals surface area contributed by atoms with Crippen LogP contribution in [-0.2, 0) is 0 Å². The Labute approximate surface area is 125 Å². The summed E-state index contributed by atoms with van der Waals surface area (Å²) in [6.07, 6.45) is 0. The Kier molecular flexibility index (Phi) is 4.44. The highest BCUT2D eigenvalue weighted by Gasteiger charge is 2.07. The molecule has 0 fully saturated rings. The number of rotatable bonds is 3. The minimum absolute atomic E-state index is 0.0100. The fourth-order valence-corrected chi connectivity index (χ4v) is 1.91. The summed E-state index contributed by atoms with van der Waals surface area (Å²) in [6.45, 7) is 1.84. The number of hydrogen-bond acceptors (Lipinski definition) is 3. The molecule has 2 aromatic carbocycles. The van der Waals surface area contributed by atoms with E-state index in [1.165, 1.54) is 30.3 Å². The lowest BCUT2D eigenvalue weighted by atomic mass is 10.2. The summed E-state index contributed by atoms with van der Waals surface area (Å²) >= 11 is 5.08. The van der Waals surface area contributed by atoms with Crippen LogP contribution in [0.2, 0.25) is 0 Å². The van der Waals surface area contributed by atoms with Crippen LogP contribution in [0.1, 0.15) is 5.56 Å². The van der Waals surface area contributed by atoms with Crippen LogP contribution in [0.3, 0.4) is 0 Å². The van der Waals surface area contributed by atoms with Crippen LogP contribution in [-0.4, -0.2) is 10.0 Å². The quantitative estimate of drug-likeness (QED) is 0.512. The number of halogens is 1. The van der Waals surface area contributed by atoms with E-state index in [1.807, 2.05) is 6.92 Å². The van der Waals surface area contributed by atoms with Gasteiger partial charge in [-0.05, 0) is 49.0 Å². The van der Waals surface area contributed by atoms with Gasteiger partial charge in [-0.15, -0.1) is 0 Å². The third-order valence-corrected chi connectivity index (χ3v) is 2.91. The summed E-state index contributed by atoms with van der Waals surface area (Å²) in [5.41, 5.74) is 1.74. The molecule has 0 aliphatic carbocycles. The van der Waals surface area contributed by atoms with Gasteiger partial charge >= 0.3 is 0 Å². The Bertz CT molecular complexity index is 689. The van der Waals surface area contributed by atoms with Crippen molar-refractivity contribution in [1.29, 1.82) is 0 Å². The summed E-state index contributed by atoms with van der Waals surface area (Å²) < 4.78 is 13.6. The van der Waals surface area contributed by atoms with Gasteiger partial charge in [-0.25, -0.2) is 4.39 Å². The maximum atomic E-state index is 13.6. The van der Waals surface area contributed by atoms with Crippen molar-refractivity contribution in [3.8, 4) is 0 Å². The molecule has 7 heteroatoms. The molecule has 0 saturated heterocycles. The third kappa shape index (κ3) is 3.96. The van der Waals surface area contributed by atoms with Crippen LogP contribution >= 0.6 is 12.2 Å². The van der Waals surface area contributed by atoms with Crippen LogP contribution in [0, 0.1) is 22.9 Å². The number of thiocarbonyl (C=S) groups is 1. The highest BCUT2D eigenvalue weighted by atomic mass is 32.1. The molecule has 0 spiro atoms. The molecule has 2 aromatic rings. The second-order valence-corrected chi connectivity index (χ2v) is 4.77. The Balaban J connectivity index is 2.04. The molecule has 2 rings (SSSR count). The average molecular weight is 305 g/mol. The molecule has 0 aromatic heterocycles. The molecular weight excluding hydrogens is 293 g/mol. The van der Waals surface area contributed by atoms with Crippen LogP contribution in [0.4, 0.5) is 21.5 Å². The molecule has 0 heterocycles. The van der Waals surface area contributed by atoms with E-state index < -0.39 is 10.7 Å². The van der Waals surface area contributed by atoms with E-state index in [-0.39, 0.29) is 16.5 Å². The summed E-state index contributed by atoms with van der Waals surface area (Å²) in [7, 11) is 0. The summed E-state index contributed by atoms with van der Waals surface area (Å²) in [4.78, 5) is 10.1. The molecule has 0 aliphatic rings. The van der Waals surface area contributed by atoms with E-state index in [2.05, 4.69) is 10.6 Å². The zero-order chi connectivity index (χ0) is 15.4. The Morgan fingerprint density at radius 3 is 2.48 bits per heavy atom. The maximum absolute atomic E-state index is 13.6. The molecule has 0 radical (unpaired) electrons. The van der Waals surface area contributed by atoms with Crippen molar-refractivity contribution in [1.82, 2.24) is 0 Å². The summed E-state index contributed by atoms with van der Waals surface area (Å²) in [5, 5.41) is 16.3. The zero-order valence-electron chi connectivity index (χ0n) is 11.1. The highest BCUT2D eigenvalue weighted by molar-refractivity contribution is 7.80. The molecule has 5 nitrogen and oxygen atoms in total. The predicted octanol–water partition coefficient (Wildman–Crippen LogP) is 3.85. The first-order valence-corrected chi connectivity index (χ1v) is 6.45. The Morgan fingerprint density at radius 2 is 1.86 bits per heavy atom. The maximum Gasteiger partial charge on any atom is 0.269 e. The Morgan fingerprint density at radius 1 is 1.19 bits per heavy atom. The number of benzene rings is 2. The van der Waals surface area contributed by atoms with Crippen molar-refractivity contribution < 1.29 is 9.31 Å². The Hall–Kier alpha value is -2.54. The molecule has 2 N–H and O–H groups in total. The minimum Gasteiger partial charge on any atom is -0.332 e. The number of nitro benzene ring substituents is 1. The highest BCUT2D eigenvalue weighted by Crippen LogP contribution is 2.18. The van der Waals surface area contributed by atoms with Gasteiger partial charge in [0.15, 0.2) is 5.11 Å². The van der Waals surface area contributed by atoms with E-state index in [0.29, 0.717) is 5.69 Å². The van der Waals surface area contributed by atoms with Gasteiger partial charge in [-0.2, -0.15) is 0 Å². The third-order valence-electron chi connectivity index (χ3n) is 2.71. The minimum atomic E-state index is -0.484. The number of hydrogen-bond donors (Lipinski definition) is 2. The van der Waals surface area contributed by atoms with Crippen LogP contribution in [0.5, 0.6) is 0 Å². The van der Waals surface area contributed by atoms with Gasteiger partial charge in [0.2, 0.25) is 0 Å². The molecule has 0 atom stereocenters. The molecule has 0 unspecified atom stereocenters. The number of nitrogens with one attached hydrogen (secondary N) is 2. The number of nitro groups is 1. The van der Waals surface area contributed by atoms with Crippen molar-refractivity contribution in [2.24, 2.45) is 0 Å². The van der Waals surface area contributed by atoms with E-state index in [0.717, 1.165) is 5.56 Å². The van der Waals surface area contributed by atoms with E-state index in [4.69, 9.17) is 12.2 Å². The van der Waals surface area contributed by atoms with Crippen molar-refractivity contribution in [3.05, 3.63) is 64.0 Å². The van der Waals surface area contributed by atoms with E-state index >= 15 is 0 Å². The van der Waals surface area contributed by atoms with Crippen molar-refractivity contribution in [2.45, 2.75) is 6.92 Å². The zero-order valence-corrected chi connectivity index (χ0v) is 11.9. The van der Waals surface area contributed by atoms with E-state index in [9.17, 15) is 14.5 Å². The number of anilines is 2. The first kappa shape index (κ1) is 14.9. The predicted molar refractivity (Wildman–Crippen MR) is 84.1 cm³/mol. The van der Waals surface area contributed by atoms with Crippen LogP contribution in [0.15, 0.2) is 42.5 Å². The monoisotopic (exact) mass is 305 g/mol. The molecular formula is C14H12FN3O2S. The second kappa shape index (κ2) is 6.27. The lowest BCUT2D eigenvalue weighted by Crippen LogP contribution is -2.19. The topological polar surface area (TPSA) is 67.2 Å². The molecule has 0 amide bonds. The molecule has 108 valence electrons. The van der Waals surface area contributed by atoms with Gasteiger partial charge in [0.05, 0.1) is 10.6 Å². The number of nitrogens with zero attached hydrogens (tertiary/aromatic N) is 1. The van der Waals surface area contributed by atoms with Crippen molar-refractivity contribution >= 4 is 34.4 Å². The smallest absolute Gasteiger partial charge is 0.269 e. The van der Waals surface area contributed by atoms with Gasteiger partial charge in [0.25, 0.3) is 5.69 Å². The SMILES string of the molecule is Cc1ccc(F)c(NC(=S)Nc2ccc([N+](=O)[O-])cc2)c1. The van der Waals surface area contributed by atoms with Crippen molar-refractivity contribution in [3.63, 3.8) is 0 Å². The first-order valence-electron chi connectivity index (χ1n) is 6.04. The standard InChI is InChI=1S/C14H12FN3O2S/c1-9-2-7-12(15)13(8-9)17-14(21)16-10-3-5-11(6-4-10)18(19)20/h2-8H,1H3,(H2,16,17,21). The van der Waals surface area contributed by atoms with Gasteiger partial charge < -0.3 is 10.6 Å². The fourth-order valence-electron chi connectivity index (χ4n) is 1.69. The fraction of sp³-hybridized carbons (Fsp3) is 0.0714. The van der Waals surface area contributed by atoms with Crippen LogP contribution < -0.4 is 10.6 Å². The lowest BCUT2D eigenvalue weighted by molar-refractivity contribution is -0.384. The lowest BCUT2D eigenvalue weighted by Gasteiger charge is -2.11. The van der Waals surface area contributed by atoms with Gasteiger partial charge in [0, 0.05) is 17.8 Å². The van der Waals surface area contributed by atoms with E-state index in [1.54, 1.807) is 12.1 Å². The second-order valence-electron chi connectivity index (χ2n) is 4.37. The molecule has 21 heavy (non-hydrogen) atoms.